The summed E-state index contributed by atoms with van der Waals surface area (Å²) in [7, 11) is 1.95. The number of fused-ring (bicyclic) bond motifs is 1. The molecule has 3 rings (SSSR count). The van der Waals surface area contributed by atoms with Gasteiger partial charge in [0.05, 0.1) is 11.0 Å². The summed E-state index contributed by atoms with van der Waals surface area (Å²) in [5.41, 5.74) is 9.82. The van der Waals surface area contributed by atoms with E-state index in [1.165, 1.54) is 5.56 Å². The van der Waals surface area contributed by atoms with Gasteiger partial charge in [0.25, 0.3) is 0 Å². The standard InChI is InChI=1S/C17H18N4O/c1-19-9-8-12-2-5-14(6-3-12)21-11-20-15-10-13(17(18)22)4-7-16(15)21/h2-7,10-11,19H,8-9H2,1H3,(H2,18,22). The summed E-state index contributed by atoms with van der Waals surface area (Å²) in [6.07, 6.45) is 2.77. The second-order valence-corrected chi connectivity index (χ2v) is 5.20. The van der Waals surface area contributed by atoms with Crippen LogP contribution in [0.1, 0.15) is 15.9 Å². The van der Waals surface area contributed by atoms with Crippen molar-refractivity contribution in [3.05, 3.63) is 59.9 Å². The van der Waals surface area contributed by atoms with Crippen LogP contribution in [0.2, 0.25) is 0 Å². The zero-order valence-electron chi connectivity index (χ0n) is 12.4. The van der Waals surface area contributed by atoms with Crippen LogP contribution in [0.4, 0.5) is 0 Å². The Hall–Kier alpha value is -2.66. The molecule has 5 nitrogen and oxygen atoms in total. The van der Waals surface area contributed by atoms with Crippen molar-refractivity contribution in [2.24, 2.45) is 5.73 Å². The van der Waals surface area contributed by atoms with E-state index in [-0.39, 0.29) is 0 Å². The van der Waals surface area contributed by atoms with E-state index in [0.717, 1.165) is 29.7 Å². The normalized spacial score (nSPS) is 11.0. The first-order chi connectivity index (χ1) is 10.7. The molecule has 1 amide bonds. The van der Waals surface area contributed by atoms with Crippen LogP contribution in [0, 0.1) is 0 Å². The summed E-state index contributed by atoms with van der Waals surface area (Å²) in [4.78, 5) is 15.6. The highest BCUT2D eigenvalue weighted by Gasteiger charge is 2.08. The molecular weight excluding hydrogens is 276 g/mol. The molecule has 0 aliphatic carbocycles. The molecule has 0 spiro atoms. The molecule has 3 N–H and O–H groups in total. The third kappa shape index (κ3) is 2.71. The van der Waals surface area contributed by atoms with Crippen molar-refractivity contribution in [1.29, 1.82) is 0 Å². The first-order valence-electron chi connectivity index (χ1n) is 7.20. The number of carbonyl (C=O) groups is 1. The van der Waals surface area contributed by atoms with E-state index >= 15 is 0 Å². The zero-order valence-corrected chi connectivity index (χ0v) is 12.4. The molecule has 3 aromatic rings. The van der Waals surface area contributed by atoms with Crippen molar-refractivity contribution in [2.45, 2.75) is 6.42 Å². The smallest absolute Gasteiger partial charge is 0.248 e. The third-order valence-electron chi connectivity index (χ3n) is 3.71. The molecule has 5 heteroatoms. The lowest BCUT2D eigenvalue weighted by Crippen LogP contribution is -2.10. The van der Waals surface area contributed by atoms with Crippen LogP contribution in [0.3, 0.4) is 0 Å². The number of primary amides is 1. The number of aromatic nitrogens is 2. The Bertz CT molecular complexity index is 805. The predicted octanol–water partition coefficient (Wildman–Crippen LogP) is 1.89. The van der Waals surface area contributed by atoms with Gasteiger partial charge in [-0.2, -0.15) is 0 Å². The highest BCUT2D eigenvalue weighted by molar-refractivity contribution is 5.96. The monoisotopic (exact) mass is 294 g/mol. The average molecular weight is 294 g/mol. The van der Waals surface area contributed by atoms with Crippen molar-refractivity contribution < 1.29 is 4.79 Å². The van der Waals surface area contributed by atoms with Crippen molar-refractivity contribution in [1.82, 2.24) is 14.9 Å². The Morgan fingerprint density at radius 1 is 1.23 bits per heavy atom. The second-order valence-electron chi connectivity index (χ2n) is 5.20. The number of hydrogen-bond acceptors (Lipinski definition) is 3. The van der Waals surface area contributed by atoms with Gasteiger partial charge in [0.2, 0.25) is 5.91 Å². The Morgan fingerprint density at radius 2 is 2.00 bits per heavy atom. The number of carbonyl (C=O) groups excluding carboxylic acids is 1. The number of likely N-dealkylation sites (N-methyl/N-ethyl adjacent to an activating group) is 1. The van der Waals surface area contributed by atoms with E-state index in [1.807, 2.05) is 17.7 Å². The lowest BCUT2D eigenvalue weighted by Gasteiger charge is -2.06. The molecule has 1 heterocycles. The summed E-state index contributed by atoms with van der Waals surface area (Å²) in [6, 6.07) is 13.7. The van der Waals surface area contributed by atoms with Crippen molar-refractivity contribution in [3.8, 4) is 5.69 Å². The molecule has 0 atom stereocenters. The van der Waals surface area contributed by atoms with Crippen LogP contribution in [-0.4, -0.2) is 29.1 Å². The maximum absolute atomic E-state index is 11.2. The quantitative estimate of drug-likeness (QED) is 0.754. The molecular formula is C17H18N4O. The van der Waals surface area contributed by atoms with Crippen LogP contribution >= 0.6 is 0 Å². The Balaban J connectivity index is 1.94. The summed E-state index contributed by atoms with van der Waals surface area (Å²) < 4.78 is 2.00. The molecule has 0 fully saturated rings. The summed E-state index contributed by atoms with van der Waals surface area (Å²) in [5, 5.41) is 3.14. The fraction of sp³-hybridized carbons (Fsp3) is 0.176. The largest absolute Gasteiger partial charge is 0.366 e. The molecule has 0 saturated carbocycles. The molecule has 0 radical (unpaired) electrons. The summed E-state index contributed by atoms with van der Waals surface area (Å²) in [6.45, 7) is 0.962. The minimum atomic E-state index is -0.440. The molecule has 0 saturated heterocycles. The number of nitrogens with one attached hydrogen (secondary N) is 1. The van der Waals surface area contributed by atoms with E-state index in [0.29, 0.717) is 5.56 Å². The van der Waals surface area contributed by atoms with Gasteiger partial charge in [0.15, 0.2) is 0 Å². The number of nitrogens with two attached hydrogens (primary N) is 1. The highest BCUT2D eigenvalue weighted by Crippen LogP contribution is 2.20. The first-order valence-corrected chi connectivity index (χ1v) is 7.20. The van der Waals surface area contributed by atoms with Crippen LogP contribution in [0.25, 0.3) is 16.7 Å². The number of benzene rings is 2. The minimum absolute atomic E-state index is 0.440. The maximum Gasteiger partial charge on any atom is 0.248 e. The maximum atomic E-state index is 11.2. The van der Waals surface area contributed by atoms with Crippen molar-refractivity contribution in [3.63, 3.8) is 0 Å². The third-order valence-corrected chi connectivity index (χ3v) is 3.71. The number of amides is 1. The van der Waals surface area contributed by atoms with E-state index in [2.05, 4.69) is 34.6 Å². The van der Waals surface area contributed by atoms with E-state index in [9.17, 15) is 4.79 Å². The molecule has 0 unspecified atom stereocenters. The fourth-order valence-corrected chi connectivity index (χ4v) is 2.46. The molecule has 0 aliphatic rings. The van der Waals surface area contributed by atoms with Gasteiger partial charge in [-0.25, -0.2) is 4.98 Å². The Kier molecular flexibility index (Phi) is 3.89. The van der Waals surface area contributed by atoms with Gasteiger partial charge in [-0.1, -0.05) is 12.1 Å². The van der Waals surface area contributed by atoms with Crippen molar-refractivity contribution in [2.75, 3.05) is 13.6 Å². The predicted molar refractivity (Wildman–Crippen MR) is 87.2 cm³/mol. The zero-order chi connectivity index (χ0) is 15.5. The lowest BCUT2D eigenvalue weighted by molar-refractivity contribution is 0.100. The van der Waals surface area contributed by atoms with Crippen molar-refractivity contribution >= 4 is 16.9 Å². The number of hydrogen-bond donors (Lipinski definition) is 2. The van der Waals surface area contributed by atoms with Crippen LogP contribution in [-0.2, 0) is 6.42 Å². The van der Waals surface area contributed by atoms with Gasteiger partial charge >= 0.3 is 0 Å². The summed E-state index contributed by atoms with van der Waals surface area (Å²) >= 11 is 0. The van der Waals surface area contributed by atoms with Gasteiger partial charge in [-0.15, -0.1) is 0 Å². The van der Waals surface area contributed by atoms with E-state index < -0.39 is 5.91 Å². The highest BCUT2D eigenvalue weighted by atomic mass is 16.1. The molecule has 1 aromatic heterocycles. The lowest BCUT2D eigenvalue weighted by atomic mass is 10.1. The number of imidazole rings is 1. The van der Waals surface area contributed by atoms with Gasteiger partial charge < -0.3 is 11.1 Å². The van der Waals surface area contributed by atoms with Gasteiger partial charge in [-0.05, 0) is 55.9 Å². The van der Waals surface area contributed by atoms with Gasteiger partial charge in [0.1, 0.15) is 6.33 Å². The Labute approximate surface area is 128 Å². The van der Waals surface area contributed by atoms with E-state index in [1.54, 1.807) is 18.5 Å². The van der Waals surface area contributed by atoms with Crippen LogP contribution in [0.15, 0.2) is 48.8 Å². The molecule has 2 aromatic carbocycles. The number of nitrogens with zero attached hydrogens (tertiary/aromatic N) is 2. The Morgan fingerprint density at radius 3 is 2.68 bits per heavy atom. The molecule has 0 aliphatic heterocycles. The fourth-order valence-electron chi connectivity index (χ4n) is 2.46. The first kappa shape index (κ1) is 14.3. The molecule has 22 heavy (non-hydrogen) atoms. The second kappa shape index (κ2) is 5.99. The topological polar surface area (TPSA) is 72.9 Å². The van der Waals surface area contributed by atoms with Gasteiger partial charge in [0, 0.05) is 11.3 Å². The average Bonchev–Trinajstić information content (AvgIpc) is 2.96. The SMILES string of the molecule is CNCCc1ccc(-n2cnc3cc(C(N)=O)ccc32)cc1. The van der Waals surface area contributed by atoms with Crippen LogP contribution in [0.5, 0.6) is 0 Å². The summed E-state index contributed by atoms with van der Waals surface area (Å²) in [5.74, 6) is -0.440. The number of rotatable bonds is 5. The van der Waals surface area contributed by atoms with Crippen LogP contribution < -0.4 is 11.1 Å². The van der Waals surface area contributed by atoms with E-state index in [4.69, 9.17) is 5.73 Å². The minimum Gasteiger partial charge on any atom is -0.366 e. The molecule has 0 bridgehead atoms. The molecule has 112 valence electrons. The van der Waals surface area contributed by atoms with Gasteiger partial charge in [-0.3, -0.25) is 9.36 Å².